The molecule has 22 heavy (non-hydrogen) atoms. The molecule has 0 saturated carbocycles. The van der Waals surface area contributed by atoms with Gasteiger partial charge in [0.2, 0.25) is 5.91 Å². The molecule has 0 atom stereocenters. The summed E-state index contributed by atoms with van der Waals surface area (Å²) in [5.74, 6) is -0.194. The van der Waals surface area contributed by atoms with Gasteiger partial charge in [0.1, 0.15) is 0 Å². The van der Waals surface area contributed by atoms with Crippen LogP contribution in [0.4, 0.5) is 0 Å². The quantitative estimate of drug-likeness (QED) is 0.816. The van der Waals surface area contributed by atoms with Crippen LogP contribution >= 0.6 is 0 Å². The van der Waals surface area contributed by atoms with Crippen molar-refractivity contribution in [1.82, 2.24) is 5.32 Å². The lowest BCUT2D eigenvalue weighted by Crippen LogP contribution is -2.43. The maximum atomic E-state index is 12.7. The molecule has 116 valence electrons. The molecule has 0 aliphatic rings. The fraction of sp³-hybridized carbons (Fsp3) is 0.316. The highest BCUT2D eigenvalue weighted by Gasteiger charge is 2.22. The maximum absolute atomic E-state index is 12.7. The zero-order chi connectivity index (χ0) is 16.0. The van der Waals surface area contributed by atoms with Gasteiger partial charge in [-0.15, -0.1) is 0 Å². The molecule has 2 aromatic carbocycles. The van der Waals surface area contributed by atoms with E-state index in [1.807, 2.05) is 60.7 Å². The van der Waals surface area contributed by atoms with Crippen molar-refractivity contribution in [2.75, 3.05) is 34.2 Å². The first kappa shape index (κ1) is 16.2. The Morgan fingerprint density at radius 2 is 1.36 bits per heavy atom. The van der Waals surface area contributed by atoms with Crippen LogP contribution in [0.5, 0.6) is 0 Å². The number of hydrogen-bond donors (Lipinski definition) is 1. The topological polar surface area (TPSA) is 29.1 Å². The summed E-state index contributed by atoms with van der Waals surface area (Å²) in [5, 5.41) is 3.08. The molecule has 0 heterocycles. The molecular weight excluding hydrogens is 272 g/mol. The van der Waals surface area contributed by atoms with Gasteiger partial charge >= 0.3 is 0 Å². The monoisotopic (exact) mass is 297 g/mol. The maximum Gasteiger partial charge on any atom is 0.232 e. The molecule has 0 unspecified atom stereocenters. The normalized spacial score (nSPS) is 11.5. The van der Waals surface area contributed by atoms with Crippen LogP contribution in [-0.4, -0.2) is 44.6 Å². The number of benzene rings is 2. The Hall–Kier alpha value is -2.13. The molecule has 0 aromatic heterocycles. The first-order valence-corrected chi connectivity index (χ1v) is 7.65. The molecule has 0 aliphatic carbocycles. The minimum absolute atomic E-state index is 0.0610. The van der Waals surface area contributed by atoms with E-state index in [2.05, 4.69) is 26.5 Å². The van der Waals surface area contributed by atoms with Gasteiger partial charge in [0.05, 0.1) is 40.2 Å². The van der Waals surface area contributed by atoms with E-state index < -0.39 is 0 Å². The number of carbonyl (C=O) groups excluding carboxylic acids is 1. The molecule has 0 spiro atoms. The number of quaternary nitrogens is 1. The van der Waals surface area contributed by atoms with Crippen molar-refractivity contribution in [2.24, 2.45) is 0 Å². The van der Waals surface area contributed by atoms with Gasteiger partial charge < -0.3 is 9.80 Å². The van der Waals surface area contributed by atoms with Crippen LogP contribution in [0.1, 0.15) is 17.0 Å². The number of carbonyl (C=O) groups is 1. The van der Waals surface area contributed by atoms with E-state index in [-0.39, 0.29) is 11.8 Å². The molecule has 2 aromatic rings. The van der Waals surface area contributed by atoms with Gasteiger partial charge in [-0.25, -0.2) is 0 Å². The van der Waals surface area contributed by atoms with Crippen molar-refractivity contribution >= 4 is 5.91 Å². The summed E-state index contributed by atoms with van der Waals surface area (Å²) in [6, 6.07) is 19.9. The van der Waals surface area contributed by atoms with Crippen molar-refractivity contribution in [3.8, 4) is 0 Å². The largest absolute Gasteiger partial charge is 0.350 e. The Morgan fingerprint density at radius 3 is 1.77 bits per heavy atom. The van der Waals surface area contributed by atoms with Crippen molar-refractivity contribution in [1.29, 1.82) is 0 Å². The molecular formula is C19H25N2O+. The highest BCUT2D eigenvalue weighted by Crippen LogP contribution is 2.24. The zero-order valence-electron chi connectivity index (χ0n) is 13.6. The molecule has 0 radical (unpaired) electrons. The molecule has 0 bridgehead atoms. The third kappa shape index (κ3) is 4.71. The summed E-state index contributed by atoms with van der Waals surface area (Å²) in [4.78, 5) is 12.7. The first-order chi connectivity index (χ1) is 10.5. The Kier molecular flexibility index (Phi) is 5.34. The van der Waals surface area contributed by atoms with Crippen molar-refractivity contribution < 1.29 is 9.28 Å². The van der Waals surface area contributed by atoms with Crippen molar-refractivity contribution in [3.63, 3.8) is 0 Å². The predicted molar refractivity (Wildman–Crippen MR) is 90.6 cm³/mol. The molecule has 0 saturated heterocycles. The number of likely N-dealkylation sites (N-methyl/N-ethyl adjacent to an activating group) is 1. The van der Waals surface area contributed by atoms with Crippen molar-refractivity contribution in [2.45, 2.75) is 5.92 Å². The van der Waals surface area contributed by atoms with Gasteiger partial charge in [-0.3, -0.25) is 4.79 Å². The SMILES string of the molecule is C[N+](C)(C)CCNC(=O)C(c1ccccc1)c1ccccc1. The lowest BCUT2D eigenvalue weighted by molar-refractivity contribution is -0.869. The first-order valence-electron chi connectivity index (χ1n) is 7.65. The molecule has 3 nitrogen and oxygen atoms in total. The average molecular weight is 297 g/mol. The van der Waals surface area contributed by atoms with E-state index in [1.54, 1.807) is 0 Å². The van der Waals surface area contributed by atoms with Gasteiger partial charge in [-0.1, -0.05) is 60.7 Å². The number of hydrogen-bond acceptors (Lipinski definition) is 1. The van der Waals surface area contributed by atoms with Crippen LogP contribution in [0.2, 0.25) is 0 Å². The summed E-state index contributed by atoms with van der Waals surface area (Å²) in [6.45, 7) is 1.58. The Labute approximate surface area is 133 Å². The lowest BCUT2D eigenvalue weighted by atomic mass is 9.90. The second kappa shape index (κ2) is 7.23. The minimum atomic E-state index is -0.255. The summed E-state index contributed by atoms with van der Waals surface area (Å²) < 4.78 is 0.835. The van der Waals surface area contributed by atoms with E-state index in [0.29, 0.717) is 6.54 Å². The van der Waals surface area contributed by atoms with Gasteiger partial charge in [-0.2, -0.15) is 0 Å². The van der Waals surface area contributed by atoms with Crippen LogP contribution < -0.4 is 5.32 Å². The average Bonchev–Trinajstić information content (AvgIpc) is 2.48. The lowest BCUT2D eigenvalue weighted by Gasteiger charge is -2.25. The standard InChI is InChI=1S/C19H24N2O/c1-21(2,3)15-14-20-19(22)18(16-10-6-4-7-11-16)17-12-8-5-9-13-17/h4-13,18H,14-15H2,1-3H3/p+1. The van der Waals surface area contributed by atoms with E-state index in [4.69, 9.17) is 0 Å². The molecule has 1 amide bonds. The van der Waals surface area contributed by atoms with Crippen LogP contribution in [0, 0.1) is 0 Å². The highest BCUT2D eigenvalue weighted by molar-refractivity contribution is 5.87. The number of nitrogens with one attached hydrogen (secondary N) is 1. The smallest absolute Gasteiger partial charge is 0.232 e. The Balaban J connectivity index is 2.17. The Bertz CT molecular complexity index is 548. The van der Waals surface area contributed by atoms with Gasteiger partial charge in [-0.05, 0) is 11.1 Å². The third-order valence-corrected chi connectivity index (χ3v) is 3.61. The van der Waals surface area contributed by atoms with Crippen LogP contribution in [0.25, 0.3) is 0 Å². The predicted octanol–water partition coefficient (Wildman–Crippen LogP) is 2.64. The fourth-order valence-electron chi connectivity index (χ4n) is 2.40. The van der Waals surface area contributed by atoms with Crippen LogP contribution in [0.3, 0.4) is 0 Å². The second-order valence-electron chi connectivity index (χ2n) is 6.56. The molecule has 2 rings (SSSR count). The van der Waals surface area contributed by atoms with E-state index in [9.17, 15) is 4.79 Å². The second-order valence-corrected chi connectivity index (χ2v) is 6.56. The van der Waals surface area contributed by atoms with E-state index in [1.165, 1.54) is 0 Å². The summed E-state index contributed by atoms with van der Waals surface area (Å²) in [5.41, 5.74) is 2.05. The van der Waals surface area contributed by atoms with Crippen molar-refractivity contribution in [3.05, 3.63) is 71.8 Å². The number of nitrogens with zero attached hydrogens (tertiary/aromatic N) is 1. The summed E-state index contributed by atoms with van der Waals surface area (Å²) in [7, 11) is 6.37. The third-order valence-electron chi connectivity index (χ3n) is 3.61. The van der Waals surface area contributed by atoms with Gasteiger partial charge in [0.25, 0.3) is 0 Å². The fourth-order valence-corrected chi connectivity index (χ4v) is 2.40. The zero-order valence-corrected chi connectivity index (χ0v) is 13.6. The molecule has 0 fully saturated rings. The summed E-state index contributed by atoms with van der Waals surface area (Å²) in [6.07, 6.45) is 0. The minimum Gasteiger partial charge on any atom is -0.350 e. The highest BCUT2D eigenvalue weighted by atomic mass is 16.1. The van der Waals surface area contributed by atoms with Crippen LogP contribution in [-0.2, 0) is 4.79 Å². The Morgan fingerprint density at radius 1 is 0.909 bits per heavy atom. The molecule has 3 heteroatoms. The van der Waals surface area contributed by atoms with E-state index >= 15 is 0 Å². The van der Waals surface area contributed by atoms with Crippen LogP contribution in [0.15, 0.2) is 60.7 Å². The number of rotatable bonds is 6. The molecule has 0 aliphatic heterocycles. The summed E-state index contributed by atoms with van der Waals surface area (Å²) >= 11 is 0. The van der Waals surface area contributed by atoms with Gasteiger partial charge in [0, 0.05) is 0 Å². The number of amides is 1. The molecule has 1 N–H and O–H groups in total. The van der Waals surface area contributed by atoms with E-state index in [0.717, 1.165) is 22.2 Å². The van der Waals surface area contributed by atoms with Gasteiger partial charge in [0.15, 0.2) is 0 Å².